The number of aliphatic imine (C=N–C) groups is 1. The van der Waals surface area contributed by atoms with Gasteiger partial charge in [0, 0.05) is 31.8 Å². The molecule has 0 fully saturated rings. The lowest BCUT2D eigenvalue weighted by atomic mass is 10.1. The molecule has 0 aliphatic carbocycles. The van der Waals surface area contributed by atoms with E-state index < -0.39 is 0 Å². The van der Waals surface area contributed by atoms with Crippen molar-refractivity contribution in [2.45, 2.75) is 20.0 Å². The van der Waals surface area contributed by atoms with E-state index in [1.54, 1.807) is 26.1 Å². The Bertz CT molecular complexity index is 1050. The summed E-state index contributed by atoms with van der Waals surface area (Å²) in [5, 5.41) is 13.7. The number of nitrogens with zero attached hydrogens (tertiary/aromatic N) is 4. The van der Waals surface area contributed by atoms with Gasteiger partial charge in [-0.3, -0.25) is 9.89 Å². The smallest absolute Gasteiger partial charge is 0.253 e. The van der Waals surface area contributed by atoms with Crippen LogP contribution in [-0.4, -0.2) is 59.7 Å². The number of H-pyrrole nitrogens is 1. The second-order valence-electron chi connectivity index (χ2n) is 7.28. The van der Waals surface area contributed by atoms with Crippen LogP contribution in [-0.2, 0) is 13.1 Å². The number of aromatic nitrogens is 3. The Morgan fingerprint density at radius 3 is 2.39 bits per heavy atom. The number of hydrogen-bond acceptors (Lipinski definition) is 5. The van der Waals surface area contributed by atoms with Crippen LogP contribution in [0.15, 0.2) is 53.5 Å². The van der Waals surface area contributed by atoms with Crippen LogP contribution >= 0.6 is 24.0 Å². The number of amides is 1. The first-order chi connectivity index (χ1) is 15.5. The van der Waals surface area contributed by atoms with E-state index in [4.69, 9.17) is 4.74 Å². The predicted molar refractivity (Wildman–Crippen MR) is 140 cm³/mol. The zero-order valence-corrected chi connectivity index (χ0v) is 21.6. The Morgan fingerprint density at radius 1 is 1.09 bits per heavy atom. The van der Waals surface area contributed by atoms with Crippen molar-refractivity contribution in [3.63, 3.8) is 0 Å². The van der Waals surface area contributed by atoms with Gasteiger partial charge >= 0.3 is 0 Å². The lowest BCUT2D eigenvalue weighted by molar-refractivity contribution is 0.0827. The number of carbonyl (C=O) groups is 1. The summed E-state index contributed by atoms with van der Waals surface area (Å²) in [6.45, 7) is 3.68. The third-order valence-electron chi connectivity index (χ3n) is 4.67. The highest BCUT2D eigenvalue weighted by Gasteiger charge is 2.08. The summed E-state index contributed by atoms with van der Waals surface area (Å²) >= 11 is 0. The highest BCUT2D eigenvalue weighted by atomic mass is 127. The fraction of sp³-hybridized carbons (Fsp3) is 0.304. The lowest BCUT2D eigenvalue weighted by Crippen LogP contribution is -2.37. The van der Waals surface area contributed by atoms with Crippen molar-refractivity contribution in [1.29, 1.82) is 0 Å². The number of rotatable bonds is 8. The summed E-state index contributed by atoms with van der Waals surface area (Å²) in [6, 6.07) is 15.1. The van der Waals surface area contributed by atoms with E-state index in [0.717, 1.165) is 23.4 Å². The highest BCUT2D eigenvalue weighted by molar-refractivity contribution is 14.0. The van der Waals surface area contributed by atoms with Crippen LogP contribution in [0.25, 0.3) is 11.4 Å². The molecule has 3 rings (SSSR count). The summed E-state index contributed by atoms with van der Waals surface area (Å²) in [5.74, 6) is 2.77. The first kappa shape index (κ1) is 26.1. The number of carbonyl (C=O) groups excluding carboxylic acids is 1. The fourth-order valence-corrected chi connectivity index (χ4v) is 2.93. The molecular weight excluding hydrogens is 533 g/mol. The van der Waals surface area contributed by atoms with E-state index >= 15 is 0 Å². The molecule has 0 unspecified atom stereocenters. The largest absolute Gasteiger partial charge is 0.497 e. The minimum absolute atomic E-state index is 0. The molecule has 0 bridgehead atoms. The standard InChI is InChI=1S/C23H29N7O2.HI/c1-5-24-23(25-14-16-6-8-18(9-7-16)22(31)30(2)3)26-15-20-27-21(29-28-20)17-10-12-19(32-4)13-11-17;/h6-13H,5,14-15H2,1-4H3,(H2,24,25,26)(H,27,28,29);1H. The van der Waals surface area contributed by atoms with Gasteiger partial charge in [-0.05, 0) is 48.9 Å². The first-order valence-electron chi connectivity index (χ1n) is 10.4. The van der Waals surface area contributed by atoms with Gasteiger partial charge in [0.1, 0.15) is 11.6 Å². The Hall–Kier alpha value is -3.15. The monoisotopic (exact) mass is 563 g/mol. The van der Waals surface area contributed by atoms with Crippen LogP contribution in [0.5, 0.6) is 5.75 Å². The molecule has 0 saturated carbocycles. The van der Waals surface area contributed by atoms with Crippen molar-refractivity contribution >= 4 is 35.8 Å². The summed E-state index contributed by atoms with van der Waals surface area (Å²) in [5.41, 5.74) is 2.58. The maximum Gasteiger partial charge on any atom is 0.253 e. The van der Waals surface area contributed by atoms with E-state index in [-0.39, 0.29) is 29.9 Å². The van der Waals surface area contributed by atoms with Crippen LogP contribution in [0, 0.1) is 0 Å². The van der Waals surface area contributed by atoms with Crippen LogP contribution in [0.3, 0.4) is 0 Å². The highest BCUT2D eigenvalue weighted by Crippen LogP contribution is 2.18. The molecule has 3 N–H and O–H groups in total. The van der Waals surface area contributed by atoms with Crippen molar-refractivity contribution in [3.05, 3.63) is 65.5 Å². The third-order valence-corrected chi connectivity index (χ3v) is 4.67. The fourth-order valence-electron chi connectivity index (χ4n) is 2.93. The summed E-state index contributed by atoms with van der Waals surface area (Å²) in [7, 11) is 5.11. The number of hydrogen-bond donors (Lipinski definition) is 3. The molecule has 176 valence electrons. The van der Waals surface area contributed by atoms with E-state index in [2.05, 4.69) is 30.8 Å². The van der Waals surface area contributed by atoms with E-state index in [1.807, 2.05) is 55.5 Å². The molecule has 0 radical (unpaired) electrons. The van der Waals surface area contributed by atoms with Gasteiger partial charge in [0.25, 0.3) is 5.91 Å². The molecule has 1 heterocycles. The average molecular weight is 563 g/mol. The van der Waals surface area contributed by atoms with Crippen LogP contribution < -0.4 is 15.4 Å². The number of halogens is 1. The first-order valence-corrected chi connectivity index (χ1v) is 10.4. The molecule has 0 atom stereocenters. The quantitative estimate of drug-likeness (QED) is 0.221. The Morgan fingerprint density at radius 2 is 1.79 bits per heavy atom. The molecule has 10 heteroatoms. The molecule has 1 amide bonds. The molecule has 2 aromatic carbocycles. The normalized spacial score (nSPS) is 10.8. The van der Waals surface area contributed by atoms with Crippen molar-refractivity contribution in [3.8, 4) is 17.1 Å². The van der Waals surface area contributed by atoms with Crippen molar-refractivity contribution in [1.82, 2.24) is 30.7 Å². The van der Waals surface area contributed by atoms with E-state index in [1.165, 1.54) is 0 Å². The zero-order chi connectivity index (χ0) is 22.9. The second kappa shape index (κ2) is 12.8. The SMILES string of the molecule is CCNC(=NCc1ccc(C(=O)N(C)C)cc1)NCc1nc(-c2ccc(OC)cc2)n[nH]1.I. The van der Waals surface area contributed by atoms with Gasteiger partial charge in [-0.25, -0.2) is 9.98 Å². The van der Waals surface area contributed by atoms with E-state index in [9.17, 15) is 4.79 Å². The molecule has 0 saturated heterocycles. The summed E-state index contributed by atoms with van der Waals surface area (Å²) in [6.07, 6.45) is 0. The van der Waals surface area contributed by atoms with Gasteiger partial charge in [-0.15, -0.1) is 24.0 Å². The summed E-state index contributed by atoms with van der Waals surface area (Å²) < 4.78 is 5.18. The van der Waals surface area contributed by atoms with Crippen molar-refractivity contribution in [2.75, 3.05) is 27.7 Å². The number of methoxy groups -OCH3 is 1. The van der Waals surface area contributed by atoms with Crippen molar-refractivity contribution < 1.29 is 9.53 Å². The number of ether oxygens (including phenoxy) is 1. The molecule has 9 nitrogen and oxygen atoms in total. The van der Waals surface area contributed by atoms with Gasteiger partial charge in [-0.2, -0.15) is 5.10 Å². The van der Waals surface area contributed by atoms with Crippen LogP contribution in [0.4, 0.5) is 0 Å². The Kier molecular flexibility index (Phi) is 10.1. The Labute approximate surface area is 211 Å². The van der Waals surface area contributed by atoms with Gasteiger partial charge in [0.2, 0.25) is 0 Å². The van der Waals surface area contributed by atoms with Gasteiger partial charge in [0.05, 0.1) is 20.2 Å². The van der Waals surface area contributed by atoms with Crippen molar-refractivity contribution in [2.24, 2.45) is 4.99 Å². The number of nitrogens with one attached hydrogen (secondary N) is 3. The molecular formula is C23H30IN7O2. The Balaban J connectivity index is 0.00000385. The zero-order valence-electron chi connectivity index (χ0n) is 19.3. The maximum absolute atomic E-state index is 12.0. The van der Waals surface area contributed by atoms with Gasteiger partial charge < -0.3 is 20.3 Å². The topological polar surface area (TPSA) is 108 Å². The van der Waals surface area contributed by atoms with Crippen LogP contribution in [0.1, 0.15) is 28.7 Å². The minimum atomic E-state index is -0.0175. The maximum atomic E-state index is 12.0. The molecule has 3 aromatic rings. The number of aromatic amines is 1. The molecule has 0 aliphatic heterocycles. The van der Waals surface area contributed by atoms with Gasteiger partial charge in [-0.1, -0.05) is 12.1 Å². The van der Waals surface area contributed by atoms with Crippen LogP contribution in [0.2, 0.25) is 0 Å². The average Bonchev–Trinajstić information content (AvgIpc) is 3.30. The molecule has 0 aliphatic rings. The van der Waals surface area contributed by atoms with E-state index in [0.29, 0.717) is 36.3 Å². The predicted octanol–water partition coefficient (Wildman–Crippen LogP) is 3.06. The van der Waals surface area contributed by atoms with Gasteiger partial charge in [0.15, 0.2) is 11.8 Å². The minimum Gasteiger partial charge on any atom is -0.497 e. The number of guanidine groups is 1. The molecule has 33 heavy (non-hydrogen) atoms. The number of benzene rings is 2. The summed E-state index contributed by atoms with van der Waals surface area (Å²) in [4.78, 5) is 22.7. The third kappa shape index (κ3) is 7.45. The lowest BCUT2D eigenvalue weighted by Gasteiger charge is -2.11. The molecule has 1 aromatic heterocycles. The second-order valence-corrected chi connectivity index (χ2v) is 7.28. The molecule has 0 spiro atoms.